The van der Waals surface area contributed by atoms with Gasteiger partial charge >= 0.3 is 5.91 Å². The normalized spacial score (nSPS) is 6.83. The third-order valence-corrected chi connectivity index (χ3v) is 0.290. The van der Waals surface area contributed by atoms with Gasteiger partial charge in [0.2, 0.25) is 0 Å². The van der Waals surface area contributed by atoms with Crippen LogP contribution in [0.3, 0.4) is 0 Å². The number of carbonyl (C=O) groups excluding carboxylic acids is 2. The van der Waals surface area contributed by atoms with E-state index in [9.17, 15) is 4.79 Å². The van der Waals surface area contributed by atoms with Crippen LogP contribution in [0.15, 0.2) is 0 Å². The molecule has 0 saturated carbocycles. The molecule has 0 spiro atoms. The number of nitrogens with zero attached hydrogens (tertiary/aromatic N) is 1. The summed E-state index contributed by atoms with van der Waals surface area (Å²) in [5.74, 6) is -0.838. The Morgan fingerprint density at radius 1 is 1.83 bits per heavy atom. The van der Waals surface area contributed by atoms with Gasteiger partial charge in [0.05, 0.1) is 0 Å². The van der Waals surface area contributed by atoms with E-state index < -0.39 is 5.91 Å². The Labute approximate surface area is 35.3 Å². The molecular formula is C3H3NO2. The van der Waals surface area contributed by atoms with E-state index in [4.69, 9.17) is 4.79 Å². The van der Waals surface area contributed by atoms with E-state index in [-0.39, 0.29) is 0 Å². The Morgan fingerprint density at radius 2 is 2.33 bits per heavy atom. The number of hydrogen-bond donors (Lipinski definition) is 0. The predicted octanol–water partition coefficient (Wildman–Crippen LogP) is -1.14. The van der Waals surface area contributed by atoms with Crippen LogP contribution in [0.5, 0.6) is 0 Å². The van der Waals surface area contributed by atoms with Gasteiger partial charge < -0.3 is 0 Å². The van der Waals surface area contributed by atoms with Crippen LogP contribution in [0.4, 0.5) is 0 Å². The first-order valence-corrected chi connectivity index (χ1v) is 1.33. The van der Waals surface area contributed by atoms with Crippen molar-refractivity contribution in [3.8, 4) is 0 Å². The monoisotopic (exact) mass is 85.0 g/mol. The lowest BCUT2D eigenvalue weighted by atomic mass is 10.7. The summed E-state index contributed by atoms with van der Waals surface area (Å²) in [5.41, 5.74) is 0. The Balaban J connectivity index is 3.23. The van der Waals surface area contributed by atoms with Gasteiger partial charge in [-0.2, -0.15) is 0 Å². The summed E-state index contributed by atoms with van der Waals surface area (Å²) in [7, 11) is 1.24. The van der Waals surface area contributed by atoms with Crippen LogP contribution in [0, 0.1) is 0 Å². The minimum absolute atomic E-state index is 0.838. The SMILES string of the molecule is C[N]C(=O)[C]=O. The molecule has 0 aromatic carbocycles. The molecule has 0 bridgehead atoms. The molecule has 1 amide bonds. The third kappa shape index (κ3) is 1.46. The van der Waals surface area contributed by atoms with E-state index >= 15 is 0 Å². The lowest BCUT2D eigenvalue weighted by Crippen LogP contribution is -2.09. The highest BCUT2D eigenvalue weighted by molar-refractivity contribution is 6.23. The third-order valence-electron chi connectivity index (χ3n) is 0.290. The fourth-order valence-corrected chi connectivity index (χ4v) is 0.0456. The molecule has 3 nitrogen and oxygen atoms in total. The van der Waals surface area contributed by atoms with Crippen molar-refractivity contribution < 1.29 is 9.59 Å². The van der Waals surface area contributed by atoms with E-state index in [1.807, 2.05) is 0 Å². The molecule has 0 aliphatic rings. The quantitative estimate of drug-likeness (QED) is 0.378. The van der Waals surface area contributed by atoms with E-state index in [1.54, 1.807) is 0 Å². The van der Waals surface area contributed by atoms with Gasteiger partial charge in [-0.3, -0.25) is 9.59 Å². The van der Waals surface area contributed by atoms with Crippen LogP contribution < -0.4 is 5.32 Å². The summed E-state index contributed by atoms with van der Waals surface area (Å²) >= 11 is 0. The fraction of sp³-hybridized carbons (Fsp3) is 0.333. The average molecular weight is 85.1 g/mol. The molecule has 0 saturated heterocycles. The zero-order valence-electron chi connectivity index (χ0n) is 3.26. The molecule has 32 valence electrons. The first kappa shape index (κ1) is 5.14. The molecular weight excluding hydrogens is 82.0 g/mol. The second-order valence-corrected chi connectivity index (χ2v) is 0.631. The van der Waals surface area contributed by atoms with Crippen molar-refractivity contribution in [1.82, 2.24) is 5.32 Å². The molecule has 2 radical (unpaired) electrons. The molecule has 3 heteroatoms. The topological polar surface area (TPSA) is 48.2 Å². The van der Waals surface area contributed by atoms with Gasteiger partial charge in [-0.05, 0) is 0 Å². The van der Waals surface area contributed by atoms with Gasteiger partial charge in [-0.15, -0.1) is 0 Å². The predicted molar refractivity (Wildman–Crippen MR) is 18.8 cm³/mol. The first-order chi connectivity index (χ1) is 2.81. The summed E-state index contributed by atoms with van der Waals surface area (Å²) in [5, 5.41) is 2.94. The average Bonchev–Trinajstić information content (AvgIpc) is 1.65. The van der Waals surface area contributed by atoms with Crippen molar-refractivity contribution in [2.75, 3.05) is 7.05 Å². The standard InChI is InChI=1S/C3H3NO2/c1-4-3(6)2-5/h1H3. The minimum Gasteiger partial charge on any atom is -0.279 e. The van der Waals surface area contributed by atoms with Gasteiger partial charge in [0.1, 0.15) is 0 Å². The molecule has 0 rings (SSSR count). The van der Waals surface area contributed by atoms with Gasteiger partial charge in [0, 0.05) is 7.05 Å². The van der Waals surface area contributed by atoms with Crippen molar-refractivity contribution in [1.29, 1.82) is 0 Å². The first-order valence-electron chi connectivity index (χ1n) is 1.33. The highest BCUT2D eigenvalue weighted by Gasteiger charge is 1.90. The van der Waals surface area contributed by atoms with Crippen molar-refractivity contribution in [2.24, 2.45) is 0 Å². The molecule has 0 aromatic rings. The summed E-state index contributed by atoms with van der Waals surface area (Å²) < 4.78 is 0. The number of carbonyl (C=O) groups is 1. The van der Waals surface area contributed by atoms with Crippen molar-refractivity contribution in [2.45, 2.75) is 0 Å². The maximum Gasteiger partial charge on any atom is 0.317 e. The fourth-order valence-electron chi connectivity index (χ4n) is 0.0456. The summed E-state index contributed by atoms with van der Waals surface area (Å²) in [4.78, 5) is 18.8. The lowest BCUT2D eigenvalue weighted by molar-refractivity contribution is -0.114. The lowest BCUT2D eigenvalue weighted by Gasteiger charge is -1.72. The van der Waals surface area contributed by atoms with Gasteiger partial charge in [-0.1, -0.05) is 0 Å². The van der Waals surface area contributed by atoms with E-state index in [0.29, 0.717) is 0 Å². The highest BCUT2D eigenvalue weighted by Crippen LogP contribution is 1.47. The summed E-state index contributed by atoms with van der Waals surface area (Å²) in [6.45, 7) is 0. The Bertz CT molecular complexity index is 69.2. The molecule has 0 aliphatic carbocycles. The summed E-state index contributed by atoms with van der Waals surface area (Å²) in [6, 6.07) is 0. The van der Waals surface area contributed by atoms with Gasteiger partial charge in [0.15, 0.2) is 0 Å². The zero-order valence-corrected chi connectivity index (χ0v) is 3.26. The van der Waals surface area contributed by atoms with Crippen molar-refractivity contribution in [3.63, 3.8) is 0 Å². The molecule has 0 aromatic heterocycles. The van der Waals surface area contributed by atoms with Crippen LogP contribution in [0.2, 0.25) is 0 Å². The van der Waals surface area contributed by atoms with Crippen molar-refractivity contribution in [3.05, 3.63) is 0 Å². The maximum absolute atomic E-state index is 9.59. The molecule has 0 fully saturated rings. The second-order valence-electron chi connectivity index (χ2n) is 0.631. The van der Waals surface area contributed by atoms with E-state index in [2.05, 4.69) is 5.32 Å². The number of rotatable bonds is 1. The van der Waals surface area contributed by atoms with Crippen LogP contribution in [0.25, 0.3) is 0 Å². The molecule has 0 atom stereocenters. The second kappa shape index (κ2) is 2.38. The number of amides is 1. The number of hydrogen-bond acceptors (Lipinski definition) is 2. The van der Waals surface area contributed by atoms with Crippen LogP contribution in [-0.2, 0) is 9.59 Å². The summed E-state index contributed by atoms with van der Waals surface area (Å²) in [6.07, 6.45) is 1.06. The maximum atomic E-state index is 9.59. The molecule has 0 heterocycles. The highest BCUT2D eigenvalue weighted by atomic mass is 16.2. The zero-order chi connectivity index (χ0) is 4.99. The molecule has 0 aliphatic heterocycles. The minimum atomic E-state index is -0.838. The smallest absolute Gasteiger partial charge is 0.279 e. The molecule has 0 N–H and O–H groups in total. The molecule has 6 heavy (non-hydrogen) atoms. The van der Waals surface area contributed by atoms with Crippen LogP contribution >= 0.6 is 0 Å². The van der Waals surface area contributed by atoms with Crippen molar-refractivity contribution >= 4 is 12.2 Å². The van der Waals surface area contributed by atoms with E-state index in [0.717, 1.165) is 6.29 Å². The largest absolute Gasteiger partial charge is 0.317 e. The van der Waals surface area contributed by atoms with Crippen LogP contribution in [0.1, 0.15) is 0 Å². The van der Waals surface area contributed by atoms with Gasteiger partial charge in [0.25, 0.3) is 6.29 Å². The molecule has 0 unspecified atom stereocenters. The van der Waals surface area contributed by atoms with Gasteiger partial charge in [-0.25, -0.2) is 5.32 Å². The van der Waals surface area contributed by atoms with E-state index in [1.165, 1.54) is 7.05 Å². The number of likely N-dealkylation sites (N-methyl/N-ethyl adjacent to an activating group) is 1. The Hall–Kier alpha value is -0.860. The Morgan fingerprint density at radius 3 is 2.33 bits per heavy atom. The van der Waals surface area contributed by atoms with Crippen LogP contribution in [-0.4, -0.2) is 19.2 Å². The Kier molecular flexibility index (Phi) is 2.04.